The minimum Gasteiger partial charge on any atom is -0.355 e. The van der Waals surface area contributed by atoms with Crippen LogP contribution in [0.1, 0.15) is 35.2 Å². The SMILES string of the molecule is Cc1cc(F)cc(C(=O)CC2CCN(c3nnc(-c4ccnn4C)c4ccccc34)CC2)c1. The smallest absolute Gasteiger partial charge is 0.163 e. The first-order valence-electron chi connectivity index (χ1n) is 11.3. The van der Waals surface area contributed by atoms with Crippen LogP contribution in [0.2, 0.25) is 0 Å². The van der Waals surface area contributed by atoms with Crippen LogP contribution in [0.15, 0.2) is 54.7 Å². The van der Waals surface area contributed by atoms with Crippen molar-refractivity contribution in [2.24, 2.45) is 13.0 Å². The highest BCUT2D eigenvalue weighted by Crippen LogP contribution is 2.33. The van der Waals surface area contributed by atoms with Crippen molar-refractivity contribution in [1.82, 2.24) is 20.0 Å². The number of hydrogen-bond donors (Lipinski definition) is 0. The summed E-state index contributed by atoms with van der Waals surface area (Å²) in [6.45, 7) is 3.43. The van der Waals surface area contributed by atoms with E-state index in [1.165, 1.54) is 12.1 Å². The van der Waals surface area contributed by atoms with Gasteiger partial charge in [-0.2, -0.15) is 5.10 Å². The number of fused-ring (bicyclic) bond motifs is 1. The van der Waals surface area contributed by atoms with Crippen molar-refractivity contribution in [2.45, 2.75) is 26.2 Å². The highest BCUT2D eigenvalue weighted by atomic mass is 19.1. The van der Waals surface area contributed by atoms with E-state index < -0.39 is 0 Å². The van der Waals surface area contributed by atoms with Crippen molar-refractivity contribution in [3.63, 3.8) is 0 Å². The number of aryl methyl sites for hydroxylation is 2. The van der Waals surface area contributed by atoms with Gasteiger partial charge >= 0.3 is 0 Å². The molecule has 6 nitrogen and oxygen atoms in total. The summed E-state index contributed by atoms with van der Waals surface area (Å²) in [5, 5.41) is 15.5. The number of Topliss-reactive ketones (excluding diaryl/α,β-unsaturated/α-hetero) is 1. The second kappa shape index (κ2) is 8.73. The molecule has 2 aromatic heterocycles. The van der Waals surface area contributed by atoms with Crippen molar-refractivity contribution in [3.05, 3.63) is 71.7 Å². The summed E-state index contributed by atoms with van der Waals surface area (Å²) < 4.78 is 15.5. The lowest BCUT2D eigenvalue weighted by Crippen LogP contribution is -2.35. The molecule has 0 amide bonds. The van der Waals surface area contributed by atoms with Crippen molar-refractivity contribution in [2.75, 3.05) is 18.0 Å². The van der Waals surface area contributed by atoms with E-state index in [4.69, 9.17) is 0 Å². The molecule has 1 aliphatic heterocycles. The van der Waals surface area contributed by atoms with E-state index in [2.05, 4.69) is 32.3 Å². The molecule has 5 rings (SSSR count). The van der Waals surface area contributed by atoms with Gasteiger partial charge < -0.3 is 4.90 Å². The number of aromatic nitrogens is 4. The lowest BCUT2D eigenvalue weighted by Gasteiger charge is -2.33. The van der Waals surface area contributed by atoms with Gasteiger partial charge in [-0.05, 0) is 55.5 Å². The Labute approximate surface area is 192 Å². The van der Waals surface area contributed by atoms with Crippen LogP contribution >= 0.6 is 0 Å². The van der Waals surface area contributed by atoms with Crippen molar-refractivity contribution >= 4 is 22.4 Å². The molecule has 0 bridgehead atoms. The molecule has 7 heteroatoms. The van der Waals surface area contributed by atoms with Crippen LogP contribution in [0.3, 0.4) is 0 Å². The minimum atomic E-state index is -0.354. The maximum atomic E-state index is 13.7. The highest BCUT2D eigenvalue weighted by Gasteiger charge is 2.25. The number of ketones is 1. The number of hydrogen-bond acceptors (Lipinski definition) is 5. The topological polar surface area (TPSA) is 63.9 Å². The number of rotatable bonds is 5. The van der Waals surface area contributed by atoms with Gasteiger partial charge in [-0.15, -0.1) is 10.2 Å². The fraction of sp³-hybridized carbons (Fsp3) is 0.308. The average Bonchev–Trinajstić information content (AvgIpc) is 3.24. The first-order chi connectivity index (χ1) is 16.0. The van der Waals surface area contributed by atoms with Crippen LogP contribution in [-0.4, -0.2) is 38.9 Å². The number of piperidine rings is 1. The molecule has 1 saturated heterocycles. The molecule has 4 aromatic rings. The molecule has 0 radical (unpaired) electrons. The van der Waals surface area contributed by atoms with Gasteiger partial charge in [0.1, 0.15) is 11.5 Å². The fourth-order valence-electron chi connectivity index (χ4n) is 4.74. The minimum absolute atomic E-state index is 0.0156. The number of benzene rings is 2. The second-order valence-electron chi connectivity index (χ2n) is 8.83. The van der Waals surface area contributed by atoms with Gasteiger partial charge in [-0.1, -0.05) is 24.3 Å². The molecule has 1 fully saturated rings. The maximum Gasteiger partial charge on any atom is 0.163 e. The van der Waals surface area contributed by atoms with Crippen LogP contribution in [0.4, 0.5) is 10.2 Å². The van der Waals surface area contributed by atoms with E-state index >= 15 is 0 Å². The Kier molecular flexibility index (Phi) is 5.62. The Bertz CT molecular complexity index is 1300. The zero-order valence-electron chi connectivity index (χ0n) is 18.8. The molecule has 168 valence electrons. The monoisotopic (exact) mass is 443 g/mol. The number of carbonyl (C=O) groups excluding carboxylic acids is 1. The van der Waals surface area contributed by atoms with E-state index in [0.717, 1.165) is 59.5 Å². The van der Waals surface area contributed by atoms with Gasteiger partial charge in [-0.25, -0.2) is 4.39 Å². The van der Waals surface area contributed by atoms with E-state index in [1.807, 2.05) is 32.2 Å². The first kappa shape index (κ1) is 21.2. The van der Waals surface area contributed by atoms with Crippen molar-refractivity contribution in [1.29, 1.82) is 0 Å². The molecule has 33 heavy (non-hydrogen) atoms. The summed E-state index contributed by atoms with van der Waals surface area (Å²) in [6.07, 6.45) is 3.98. The Morgan fingerprint density at radius 2 is 1.82 bits per heavy atom. The van der Waals surface area contributed by atoms with Gasteiger partial charge in [0.2, 0.25) is 0 Å². The quantitative estimate of drug-likeness (QED) is 0.408. The van der Waals surface area contributed by atoms with Crippen LogP contribution < -0.4 is 4.90 Å². The zero-order chi connectivity index (χ0) is 22.9. The summed E-state index contributed by atoms with van der Waals surface area (Å²) >= 11 is 0. The van der Waals surface area contributed by atoms with Crippen molar-refractivity contribution < 1.29 is 9.18 Å². The van der Waals surface area contributed by atoms with Gasteiger partial charge in [0.05, 0.1) is 5.69 Å². The summed E-state index contributed by atoms with van der Waals surface area (Å²) in [4.78, 5) is 15.0. The third-order valence-corrected chi connectivity index (χ3v) is 6.48. The normalized spacial score (nSPS) is 14.7. The third kappa shape index (κ3) is 4.23. The number of anilines is 1. The Hall–Kier alpha value is -3.61. The van der Waals surface area contributed by atoms with Gasteiger partial charge in [-0.3, -0.25) is 9.48 Å². The Morgan fingerprint density at radius 1 is 1.06 bits per heavy atom. The second-order valence-corrected chi connectivity index (χ2v) is 8.83. The van der Waals surface area contributed by atoms with E-state index in [9.17, 15) is 9.18 Å². The predicted molar refractivity (Wildman–Crippen MR) is 127 cm³/mol. The molecule has 0 N–H and O–H groups in total. The van der Waals surface area contributed by atoms with Gasteiger partial charge in [0, 0.05) is 49.1 Å². The fourth-order valence-corrected chi connectivity index (χ4v) is 4.74. The summed E-state index contributed by atoms with van der Waals surface area (Å²) in [5.41, 5.74) is 2.99. The summed E-state index contributed by atoms with van der Waals surface area (Å²) in [6, 6.07) is 14.7. The number of halogens is 1. The lowest BCUT2D eigenvalue weighted by atomic mass is 9.89. The molecule has 0 aliphatic carbocycles. The molecule has 0 saturated carbocycles. The molecule has 1 aliphatic rings. The zero-order valence-corrected chi connectivity index (χ0v) is 18.8. The van der Waals surface area contributed by atoms with Crippen LogP contribution in [0.25, 0.3) is 22.2 Å². The standard InChI is InChI=1S/C26H26FN5O/c1-17-13-19(16-20(27)14-17)24(33)15-18-8-11-32(12-9-18)26-22-6-4-3-5-21(22)25(29-30-26)23-7-10-28-31(23)2/h3-7,10,13-14,16,18H,8-9,11-12,15H2,1-2H3. The van der Waals surface area contributed by atoms with Crippen molar-refractivity contribution in [3.8, 4) is 11.4 Å². The molecule has 0 atom stereocenters. The highest BCUT2D eigenvalue weighted by molar-refractivity contribution is 6.00. The third-order valence-electron chi connectivity index (χ3n) is 6.48. The summed E-state index contributed by atoms with van der Waals surface area (Å²) in [5.74, 6) is 0.822. The van der Waals surface area contributed by atoms with Gasteiger partial charge in [0.15, 0.2) is 11.6 Å². The van der Waals surface area contributed by atoms with E-state index in [0.29, 0.717) is 12.0 Å². The largest absolute Gasteiger partial charge is 0.355 e. The number of carbonyl (C=O) groups is 1. The molecular formula is C26H26FN5O. The predicted octanol–water partition coefficient (Wildman–Crippen LogP) is 4.97. The van der Waals surface area contributed by atoms with Crippen LogP contribution in [-0.2, 0) is 7.05 Å². The molecule has 0 spiro atoms. The van der Waals surface area contributed by atoms with Crippen LogP contribution in [0.5, 0.6) is 0 Å². The Morgan fingerprint density at radius 3 is 2.52 bits per heavy atom. The van der Waals surface area contributed by atoms with Gasteiger partial charge in [0.25, 0.3) is 0 Å². The number of nitrogens with zero attached hydrogens (tertiary/aromatic N) is 5. The van der Waals surface area contributed by atoms with E-state index in [-0.39, 0.29) is 17.5 Å². The first-order valence-corrected chi connectivity index (χ1v) is 11.3. The summed E-state index contributed by atoms with van der Waals surface area (Å²) in [7, 11) is 1.90. The Balaban J connectivity index is 1.33. The molecule has 3 heterocycles. The maximum absolute atomic E-state index is 13.7. The van der Waals surface area contributed by atoms with Crippen LogP contribution in [0, 0.1) is 18.7 Å². The average molecular weight is 444 g/mol. The van der Waals surface area contributed by atoms with E-state index in [1.54, 1.807) is 16.9 Å². The molecule has 0 unspecified atom stereocenters. The lowest BCUT2D eigenvalue weighted by molar-refractivity contribution is 0.0953. The molecular weight excluding hydrogens is 417 g/mol. The molecule has 2 aromatic carbocycles.